The molecule has 0 aromatic heterocycles. The SMILES string of the molecule is O=C(OCc1ccccc1)N1CCC2(CC1)c1c(F)cccc1N(S(=O)(=O)c1ccc(F)cc1)C2C1CC1. The third-order valence-electron chi connectivity index (χ3n) is 8.10. The molecule has 2 heterocycles. The molecule has 3 aromatic rings. The topological polar surface area (TPSA) is 66.9 Å². The number of benzene rings is 3. The fourth-order valence-corrected chi connectivity index (χ4v) is 8.00. The van der Waals surface area contributed by atoms with E-state index in [-0.39, 0.29) is 17.4 Å². The minimum absolute atomic E-state index is 0.0289. The number of piperidine rings is 1. The molecule has 1 aliphatic carbocycles. The van der Waals surface area contributed by atoms with Crippen LogP contribution in [0.5, 0.6) is 0 Å². The van der Waals surface area contributed by atoms with Crippen molar-refractivity contribution in [3.8, 4) is 0 Å². The van der Waals surface area contributed by atoms with Gasteiger partial charge in [0.05, 0.1) is 16.6 Å². The van der Waals surface area contributed by atoms with Gasteiger partial charge < -0.3 is 9.64 Å². The van der Waals surface area contributed by atoms with Crippen molar-refractivity contribution >= 4 is 21.8 Å². The van der Waals surface area contributed by atoms with Gasteiger partial charge in [0.15, 0.2) is 0 Å². The van der Waals surface area contributed by atoms with E-state index in [9.17, 15) is 17.6 Å². The van der Waals surface area contributed by atoms with Crippen LogP contribution in [0.25, 0.3) is 0 Å². The number of amides is 1. The molecule has 0 radical (unpaired) electrons. The minimum Gasteiger partial charge on any atom is -0.445 e. The number of carbonyl (C=O) groups excluding carboxylic acids is 1. The molecule has 2 fully saturated rings. The molecule has 1 atom stereocenters. The van der Waals surface area contributed by atoms with E-state index in [0.29, 0.717) is 37.2 Å². The maximum Gasteiger partial charge on any atom is 0.410 e. The Balaban J connectivity index is 1.32. The number of nitrogens with zero attached hydrogens (tertiary/aromatic N) is 2. The molecule has 0 bridgehead atoms. The van der Waals surface area contributed by atoms with E-state index in [1.54, 1.807) is 11.0 Å². The summed E-state index contributed by atoms with van der Waals surface area (Å²) < 4.78 is 64.0. The predicted octanol–water partition coefficient (Wildman–Crippen LogP) is 5.62. The van der Waals surface area contributed by atoms with Gasteiger partial charge in [0.1, 0.15) is 18.2 Å². The largest absolute Gasteiger partial charge is 0.445 e. The van der Waals surface area contributed by atoms with E-state index in [1.807, 2.05) is 30.3 Å². The summed E-state index contributed by atoms with van der Waals surface area (Å²) in [7, 11) is -4.09. The lowest BCUT2D eigenvalue weighted by molar-refractivity contribution is 0.0733. The van der Waals surface area contributed by atoms with E-state index >= 15 is 4.39 Å². The summed E-state index contributed by atoms with van der Waals surface area (Å²) in [5, 5.41) is 0. The first-order valence-corrected chi connectivity index (χ1v) is 14.3. The van der Waals surface area contributed by atoms with Gasteiger partial charge in [-0.2, -0.15) is 0 Å². The number of carbonyl (C=O) groups is 1. The Bertz CT molecular complexity index is 1450. The number of fused-ring (bicyclic) bond motifs is 2. The fraction of sp³-hybridized carbons (Fsp3) is 0.345. The zero-order valence-electron chi connectivity index (χ0n) is 20.7. The van der Waals surface area contributed by atoms with Crippen LogP contribution >= 0.6 is 0 Å². The first kappa shape index (κ1) is 24.9. The second kappa shape index (κ2) is 9.38. The molecule has 1 spiro atoms. The van der Waals surface area contributed by atoms with Gasteiger partial charge in [0.2, 0.25) is 0 Å². The maximum absolute atomic E-state index is 15.6. The van der Waals surface area contributed by atoms with Crippen LogP contribution in [0.15, 0.2) is 77.7 Å². The summed E-state index contributed by atoms with van der Waals surface area (Å²) in [5.41, 5.74) is 0.855. The summed E-state index contributed by atoms with van der Waals surface area (Å²) in [6.45, 7) is 0.817. The monoisotopic (exact) mass is 538 g/mol. The number of halogens is 2. The molecule has 3 aromatic carbocycles. The summed E-state index contributed by atoms with van der Waals surface area (Å²) >= 11 is 0. The first-order valence-electron chi connectivity index (χ1n) is 12.9. The average Bonchev–Trinajstić information content (AvgIpc) is 3.72. The first-order chi connectivity index (χ1) is 18.3. The number of hydrogen-bond acceptors (Lipinski definition) is 4. The molecule has 6 nitrogen and oxygen atoms in total. The molecule has 6 rings (SSSR count). The summed E-state index contributed by atoms with van der Waals surface area (Å²) in [4.78, 5) is 14.4. The molecule has 0 N–H and O–H groups in total. The standard InChI is InChI=1S/C29H28F2N2O4S/c30-22-11-13-23(14-12-22)38(35,36)33-25-8-4-7-24(31)26(25)29(27(33)21-9-10-21)15-17-32(18-16-29)28(34)37-19-20-5-2-1-3-6-20/h1-8,11-14,21,27H,9-10,15-19H2. The van der Waals surface area contributed by atoms with Gasteiger partial charge >= 0.3 is 6.09 Å². The molecular weight excluding hydrogens is 510 g/mol. The van der Waals surface area contributed by atoms with Gasteiger partial charge in [-0.1, -0.05) is 36.4 Å². The predicted molar refractivity (Wildman–Crippen MR) is 138 cm³/mol. The molecule has 2 aliphatic heterocycles. The van der Waals surface area contributed by atoms with Crippen molar-refractivity contribution in [1.82, 2.24) is 4.90 Å². The molecule has 1 unspecified atom stereocenters. The molecular formula is C29H28F2N2O4S. The number of rotatable bonds is 5. The Hall–Kier alpha value is -3.46. The lowest BCUT2D eigenvalue weighted by Crippen LogP contribution is -2.54. The molecule has 9 heteroatoms. The zero-order valence-corrected chi connectivity index (χ0v) is 21.5. The van der Waals surface area contributed by atoms with Gasteiger partial charge in [-0.3, -0.25) is 4.31 Å². The quantitative estimate of drug-likeness (QED) is 0.423. The Morgan fingerprint density at radius 2 is 1.61 bits per heavy atom. The highest BCUT2D eigenvalue weighted by molar-refractivity contribution is 7.92. The van der Waals surface area contributed by atoms with Gasteiger partial charge in [0.25, 0.3) is 10.0 Å². The van der Waals surface area contributed by atoms with Gasteiger partial charge in [-0.25, -0.2) is 22.0 Å². The molecule has 1 saturated carbocycles. The van der Waals surface area contributed by atoms with Gasteiger partial charge in [-0.15, -0.1) is 0 Å². The Morgan fingerprint density at radius 1 is 0.921 bits per heavy atom. The lowest BCUT2D eigenvalue weighted by Gasteiger charge is -2.44. The zero-order chi connectivity index (χ0) is 26.5. The smallest absolute Gasteiger partial charge is 0.410 e. The summed E-state index contributed by atoms with van der Waals surface area (Å²) in [5.74, 6) is -0.891. The van der Waals surface area contributed by atoms with Crippen LogP contribution in [0.4, 0.5) is 19.3 Å². The van der Waals surface area contributed by atoms with Crippen molar-refractivity contribution in [1.29, 1.82) is 0 Å². The van der Waals surface area contributed by atoms with Crippen molar-refractivity contribution in [2.24, 2.45) is 5.92 Å². The fourth-order valence-electron chi connectivity index (χ4n) is 6.21. The number of anilines is 1. The van der Waals surface area contributed by atoms with Crippen LogP contribution in [-0.2, 0) is 26.8 Å². The Morgan fingerprint density at radius 3 is 2.26 bits per heavy atom. The van der Waals surface area contributed by atoms with Crippen LogP contribution < -0.4 is 4.31 Å². The Labute approximate surface area is 220 Å². The normalized spacial score (nSPS) is 20.4. The third kappa shape index (κ3) is 4.13. The minimum atomic E-state index is -4.09. The molecule has 1 amide bonds. The maximum atomic E-state index is 15.6. The molecule has 38 heavy (non-hydrogen) atoms. The van der Waals surface area contributed by atoms with Crippen LogP contribution in [0.3, 0.4) is 0 Å². The highest BCUT2D eigenvalue weighted by Crippen LogP contribution is 2.59. The molecule has 1 saturated heterocycles. The lowest BCUT2D eigenvalue weighted by atomic mass is 9.68. The highest BCUT2D eigenvalue weighted by Gasteiger charge is 2.61. The van der Waals surface area contributed by atoms with Crippen molar-refractivity contribution in [3.63, 3.8) is 0 Å². The van der Waals surface area contributed by atoms with Gasteiger partial charge in [0, 0.05) is 24.1 Å². The second-order valence-corrected chi connectivity index (χ2v) is 12.2. The third-order valence-corrected chi connectivity index (χ3v) is 9.91. The highest BCUT2D eigenvalue weighted by atomic mass is 32.2. The van der Waals surface area contributed by atoms with E-state index in [0.717, 1.165) is 30.5 Å². The van der Waals surface area contributed by atoms with Crippen molar-refractivity contribution in [2.45, 2.75) is 48.6 Å². The Kier molecular flexibility index (Phi) is 6.13. The van der Waals surface area contributed by atoms with Crippen molar-refractivity contribution < 1.29 is 26.7 Å². The van der Waals surface area contributed by atoms with Crippen LogP contribution in [0.1, 0.15) is 36.8 Å². The van der Waals surface area contributed by atoms with Crippen LogP contribution in [-0.4, -0.2) is 38.5 Å². The van der Waals surface area contributed by atoms with E-state index < -0.39 is 39.2 Å². The summed E-state index contributed by atoms with van der Waals surface area (Å²) in [6.07, 6.45) is 2.09. The van der Waals surface area contributed by atoms with Crippen molar-refractivity contribution in [3.05, 3.63) is 95.6 Å². The number of sulfonamides is 1. The van der Waals surface area contributed by atoms with E-state index in [1.165, 1.54) is 28.6 Å². The van der Waals surface area contributed by atoms with Crippen LogP contribution in [0.2, 0.25) is 0 Å². The van der Waals surface area contributed by atoms with E-state index in [2.05, 4.69) is 0 Å². The van der Waals surface area contributed by atoms with Crippen LogP contribution in [0, 0.1) is 17.6 Å². The molecule has 3 aliphatic rings. The number of ether oxygens (including phenoxy) is 1. The number of hydrogen-bond donors (Lipinski definition) is 0. The van der Waals surface area contributed by atoms with E-state index in [4.69, 9.17) is 4.74 Å². The van der Waals surface area contributed by atoms with Crippen molar-refractivity contribution in [2.75, 3.05) is 17.4 Å². The van der Waals surface area contributed by atoms with Gasteiger partial charge in [-0.05, 0) is 73.6 Å². The average molecular weight is 539 g/mol. The second-order valence-electron chi connectivity index (χ2n) is 10.4. The number of likely N-dealkylation sites (tertiary alicyclic amines) is 1. The summed E-state index contributed by atoms with van der Waals surface area (Å²) in [6, 6.07) is 18.2. The molecule has 198 valence electrons.